The zero-order valence-electron chi connectivity index (χ0n) is 20.0. The minimum absolute atomic E-state index is 0.0162. The maximum absolute atomic E-state index is 13.2. The molecular formula is C25H22ClF6N3O2. The van der Waals surface area contributed by atoms with E-state index < -0.39 is 40.7 Å². The lowest BCUT2D eigenvalue weighted by atomic mass is 10.1. The number of aliphatic carboxylic acids is 1. The van der Waals surface area contributed by atoms with E-state index in [0.29, 0.717) is 12.1 Å². The normalized spacial score (nSPS) is 11.5. The van der Waals surface area contributed by atoms with Crippen molar-refractivity contribution >= 4 is 23.6 Å². The molecule has 0 unspecified atom stereocenters. The third kappa shape index (κ3) is 8.11. The Labute approximate surface area is 214 Å². The van der Waals surface area contributed by atoms with Gasteiger partial charge in [0, 0.05) is 22.3 Å². The highest BCUT2D eigenvalue weighted by molar-refractivity contribution is 6.30. The molecule has 1 aromatic heterocycles. The summed E-state index contributed by atoms with van der Waals surface area (Å²) in [5.74, 6) is -1.58. The van der Waals surface area contributed by atoms with E-state index in [0.717, 1.165) is 17.0 Å². The number of benzene rings is 2. The fourth-order valence-corrected chi connectivity index (χ4v) is 3.04. The van der Waals surface area contributed by atoms with Crippen molar-refractivity contribution in [1.29, 1.82) is 5.26 Å². The second-order valence-electron chi connectivity index (χ2n) is 6.63. The molecular weight excluding hydrogens is 524 g/mol. The van der Waals surface area contributed by atoms with Gasteiger partial charge in [-0.2, -0.15) is 36.7 Å². The first-order valence-electron chi connectivity index (χ1n) is 10.8. The molecule has 0 atom stereocenters. The van der Waals surface area contributed by atoms with E-state index in [4.69, 9.17) is 22.0 Å². The molecule has 0 saturated heterocycles. The van der Waals surface area contributed by atoms with E-state index in [9.17, 15) is 31.1 Å². The lowest BCUT2D eigenvalue weighted by Gasteiger charge is -2.14. The van der Waals surface area contributed by atoms with Gasteiger partial charge in [0.15, 0.2) is 0 Å². The third-order valence-corrected chi connectivity index (χ3v) is 4.56. The number of carbonyl (C=O) groups is 1. The van der Waals surface area contributed by atoms with Crippen LogP contribution in [0.25, 0.3) is 23.0 Å². The van der Waals surface area contributed by atoms with Gasteiger partial charge in [0.25, 0.3) is 0 Å². The maximum Gasteiger partial charge on any atom is 0.416 e. The molecule has 0 aliphatic rings. The summed E-state index contributed by atoms with van der Waals surface area (Å²) in [5.41, 5.74) is -4.16. The number of carboxylic acid groups (broad SMARTS) is 1. The van der Waals surface area contributed by atoms with Crippen molar-refractivity contribution in [3.8, 4) is 23.0 Å². The summed E-state index contributed by atoms with van der Waals surface area (Å²) in [6.07, 6.45) is -8.22. The Kier molecular flexibility index (Phi) is 10.9. The number of nitrogens with zero attached hydrogens (tertiary/aromatic N) is 3. The molecule has 0 amide bonds. The molecule has 0 spiro atoms. The number of hydrogen-bond acceptors (Lipinski definition) is 3. The van der Waals surface area contributed by atoms with Crippen LogP contribution in [0.3, 0.4) is 0 Å². The Balaban J connectivity index is 0.00000163. The van der Waals surface area contributed by atoms with Crippen molar-refractivity contribution in [1.82, 2.24) is 9.78 Å². The monoisotopic (exact) mass is 545 g/mol. The van der Waals surface area contributed by atoms with Gasteiger partial charge in [-0.3, -0.25) is 0 Å². The summed E-state index contributed by atoms with van der Waals surface area (Å²) in [4.78, 5) is 11.2. The number of carboxylic acids is 1. The highest BCUT2D eigenvalue weighted by Gasteiger charge is 2.37. The summed E-state index contributed by atoms with van der Waals surface area (Å²) in [5, 5.41) is 22.5. The van der Waals surface area contributed by atoms with E-state index in [1.807, 2.05) is 27.7 Å². The molecule has 12 heteroatoms. The summed E-state index contributed by atoms with van der Waals surface area (Å²) >= 11 is 5.95. The Morgan fingerprint density at radius 3 is 1.97 bits per heavy atom. The average molecular weight is 546 g/mol. The van der Waals surface area contributed by atoms with Crippen LogP contribution in [0, 0.1) is 11.3 Å². The fourth-order valence-electron chi connectivity index (χ4n) is 2.85. The van der Waals surface area contributed by atoms with Crippen molar-refractivity contribution in [2.45, 2.75) is 40.0 Å². The zero-order valence-corrected chi connectivity index (χ0v) is 20.8. The SMILES string of the molecule is CC.CC.N#C/C(=C\c1cn(-c2cc(C(F)(F)F)cc(C(F)(F)F)c2)nc1-c1cccc(Cl)c1)C(=O)O. The van der Waals surface area contributed by atoms with Crippen molar-refractivity contribution in [3.05, 3.63) is 75.9 Å². The van der Waals surface area contributed by atoms with Gasteiger partial charge in [0.05, 0.1) is 16.8 Å². The number of rotatable bonds is 4. The fraction of sp³-hybridized carbons (Fsp3) is 0.240. The highest BCUT2D eigenvalue weighted by atomic mass is 35.5. The summed E-state index contributed by atoms with van der Waals surface area (Å²) in [6, 6.07) is 8.30. The van der Waals surface area contributed by atoms with Gasteiger partial charge in [0.2, 0.25) is 0 Å². The van der Waals surface area contributed by atoms with Crippen molar-refractivity contribution in [2.24, 2.45) is 0 Å². The van der Waals surface area contributed by atoms with Crippen LogP contribution in [0.2, 0.25) is 5.02 Å². The van der Waals surface area contributed by atoms with Crippen LogP contribution in [0.1, 0.15) is 44.4 Å². The van der Waals surface area contributed by atoms with Gasteiger partial charge in [-0.1, -0.05) is 51.4 Å². The molecule has 2 aromatic carbocycles. The van der Waals surface area contributed by atoms with Crippen LogP contribution in [0.15, 0.2) is 54.2 Å². The quantitative estimate of drug-likeness (QED) is 0.203. The molecule has 3 rings (SSSR count). The Bertz CT molecular complexity index is 1270. The Hall–Kier alpha value is -3.78. The van der Waals surface area contributed by atoms with Crippen molar-refractivity contribution in [2.75, 3.05) is 0 Å². The first-order valence-corrected chi connectivity index (χ1v) is 11.2. The van der Waals surface area contributed by atoms with Gasteiger partial charge < -0.3 is 5.11 Å². The molecule has 1 heterocycles. The van der Waals surface area contributed by atoms with Gasteiger partial charge in [-0.05, 0) is 36.4 Å². The largest absolute Gasteiger partial charge is 0.477 e. The Morgan fingerprint density at radius 2 is 1.54 bits per heavy atom. The predicted molar refractivity (Wildman–Crippen MR) is 128 cm³/mol. The summed E-state index contributed by atoms with van der Waals surface area (Å²) in [6.45, 7) is 8.00. The Morgan fingerprint density at radius 1 is 1.00 bits per heavy atom. The molecule has 0 fully saturated rings. The van der Waals surface area contributed by atoms with Gasteiger partial charge in [0.1, 0.15) is 17.3 Å². The van der Waals surface area contributed by atoms with Crippen LogP contribution in [-0.4, -0.2) is 20.9 Å². The molecule has 0 aliphatic heterocycles. The number of nitriles is 1. The highest BCUT2D eigenvalue weighted by Crippen LogP contribution is 2.37. The molecule has 37 heavy (non-hydrogen) atoms. The smallest absolute Gasteiger partial charge is 0.416 e. The second-order valence-corrected chi connectivity index (χ2v) is 7.06. The van der Waals surface area contributed by atoms with Crippen molar-refractivity contribution in [3.63, 3.8) is 0 Å². The van der Waals surface area contributed by atoms with E-state index in [1.165, 1.54) is 30.3 Å². The van der Waals surface area contributed by atoms with Gasteiger partial charge in [-0.25, -0.2) is 9.48 Å². The van der Waals surface area contributed by atoms with Crippen LogP contribution in [0.4, 0.5) is 26.3 Å². The lowest BCUT2D eigenvalue weighted by molar-refractivity contribution is -0.143. The topological polar surface area (TPSA) is 78.9 Å². The molecule has 0 saturated carbocycles. The molecule has 1 N–H and O–H groups in total. The van der Waals surface area contributed by atoms with Crippen LogP contribution >= 0.6 is 11.6 Å². The average Bonchev–Trinajstić information content (AvgIpc) is 3.27. The number of halogens is 7. The first-order chi connectivity index (χ1) is 17.3. The molecule has 0 bridgehead atoms. The van der Waals surface area contributed by atoms with E-state index in [2.05, 4.69) is 5.10 Å². The van der Waals surface area contributed by atoms with Crippen molar-refractivity contribution < 1.29 is 36.2 Å². The number of hydrogen-bond donors (Lipinski definition) is 1. The van der Waals surface area contributed by atoms with Crippen LogP contribution < -0.4 is 0 Å². The summed E-state index contributed by atoms with van der Waals surface area (Å²) in [7, 11) is 0. The second kappa shape index (κ2) is 13.0. The van der Waals surface area contributed by atoms with Crippen LogP contribution in [0.5, 0.6) is 0 Å². The maximum atomic E-state index is 13.2. The van der Waals surface area contributed by atoms with Crippen LogP contribution in [-0.2, 0) is 17.1 Å². The lowest BCUT2D eigenvalue weighted by Crippen LogP contribution is -2.12. The van der Waals surface area contributed by atoms with E-state index >= 15 is 0 Å². The zero-order chi connectivity index (χ0) is 28.6. The summed E-state index contributed by atoms with van der Waals surface area (Å²) < 4.78 is 80.1. The molecule has 0 aliphatic carbocycles. The van der Waals surface area contributed by atoms with Gasteiger partial charge >= 0.3 is 18.3 Å². The third-order valence-electron chi connectivity index (χ3n) is 4.33. The molecule has 198 valence electrons. The van der Waals surface area contributed by atoms with E-state index in [-0.39, 0.29) is 27.9 Å². The minimum Gasteiger partial charge on any atom is -0.477 e. The first kappa shape index (κ1) is 31.3. The number of alkyl halides is 6. The minimum atomic E-state index is -5.07. The van der Waals surface area contributed by atoms with E-state index in [1.54, 1.807) is 0 Å². The molecule has 0 radical (unpaired) electrons. The number of aromatic nitrogens is 2. The standard InChI is InChI=1S/C21H10ClF6N3O2.2C2H6/c22-16-3-1-2-11(5-16)18-13(4-12(9-29)19(32)33)10-31(30-18)17-7-14(20(23,24)25)6-15(8-17)21(26,27)28;2*1-2/h1-8,10H,(H,32,33);2*1-2H3/b12-4+;;. The molecule has 5 nitrogen and oxygen atoms in total. The molecule has 3 aromatic rings. The predicted octanol–water partition coefficient (Wildman–Crippen LogP) is 8.27. The van der Waals surface area contributed by atoms with Gasteiger partial charge in [-0.15, -0.1) is 0 Å².